The molecule has 1 fully saturated rings. The van der Waals surface area contributed by atoms with Gasteiger partial charge in [0.2, 0.25) is 0 Å². The molecular formula is C22H26N2. The van der Waals surface area contributed by atoms with Gasteiger partial charge in [0.15, 0.2) is 0 Å². The number of amidine groups is 1. The van der Waals surface area contributed by atoms with Gasteiger partial charge in [-0.05, 0) is 24.0 Å². The molecule has 2 aliphatic rings. The van der Waals surface area contributed by atoms with Gasteiger partial charge in [0, 0.05) is 12.6 Å². The topological polar surface area (TPSA) is 15.6 Å². The van der Waals surface area contributed by atoms with Gasteiger partial charge in [-0.2, -0.15) is 0 Å². The third-order valence-electron chi connectivity index (χ3n) is 5.45. The Kier molecular flexibility index (Phi) is 4.64. The van der Waals surface area contributed by atoms with Crippen molar-refractivity contribution in [3.8, 4) is 0 Å². The first-order chi connectivity index (χ1) is 11.9. The van der Waals surface area contributed by atoms with Crippen LogP contribution in [0.4, 0.5) is 0 Å². The Morgan fingerprint density at radius 2 is 1.38 bits per heavy atom. The zero-order chi connectivity index (χ0) is 16.2. The molecule has 0 aromatic heterocycles. The third kappa shape index (κ3) is 3.10. The maximum atomic E-state index is 4.99. The molecule has 1 aliphatic heterocycles. The van der Waals surface area contributed by atoms with Crippen molar-refractivity contribution in [3.05, 3.63) is 71.8 Å². The van der Waals surface area contributed by atoms with Crippen LogP contribution in [0.5, 0.6) is 0 Å². The molecule has 0 atom stereocenters. The molecule has 2 aromatic rings. The second kappa shape index (κ2) is 7.21. The summed E-state index contributed by atoms with van der Waals surface area (Å²) in [4.78, 5) is 7.62. The van der Waals surface area contributed by atoms with E-state index in [-0.39, 0.29) is 5.92 Å². The molecule has 0 saturated heterocycles. The average Bonchev–Trinajstić information content (AvgIpc) is 3.14. The van der Waals surface area contributed by atoms with E-state index in [1.807, 2.05) is 0 Å². The van der Waals surface area contributed by atoms with Gasteiger partial charge >= 0.3 is 0 Å². The number of aliphatic imine (C=N–C) groups is 1. The minimum absolute atomic E-state index is 0.261. The first-order valence-corrected chi connectivity index (χ1v) is 9.34. The smallest absolute Gasteiger partial charge is 0.111 e. The summed E-state index contributed by atoms with van der Waals surface area (Å²) in [5.74, 6) is 1.55. The molecule has 2 heteroatoms. The summed E-state index contributed by atoms with van der Waals surface area (Å²) in [6.45, 7) is 2.04. The fraction of sp³-hybridized carbons (Fsp3) is 0.409. The lowest BCUT2D eigenvalue weighted by Crippen LogP contribution is -2.42. The highest BCUT2D eigenvalue weighted by atomic mass is 15.3. The van der Waals surface area contributed by atoms with E-state index in [4.69, 9.17) is 4.99 Å². The van der Waals surface area contributed by atoms with E-state index in [2.05, 4.69) is 65.6 Å². The summed E-state index contributed by atoms with van der Waals surface area (Å²) in [7, 11) is 0. The molecule has 0 bridgehead atoms. The van der Waals surface area contributed by atoms with E-state index in [9.17, 15) is 0 Å². The molecule has 0 amide bonds. The second-order valence-corrected chi connectivity index (χ2v) is 6.98. The van der Waals surface area contributed by atoms with Gasteiger partial charge in [0.05, 0.1) is 12.5 Å². The van der Waals surface area contributed by atoms with Crippen LogP contribution in [0.15, 0.2) is 65.7 Å². The van der Waals surface area contributed by atoms with Crippen LogP contribution in [-0.4, -0.2) is 29.9 Å². The van der Waals surface area contributed by atoms with Crippen LogP contribution in [-0.2, 0) is 0 Å². The summed E-state index contributed by atoms with van der Waals surface area (Å²) in [5, 5.41) is 0. The number of nitrogens with zero attached hydrogens (tertiary/aromatic N) is 2. The lowest BCUT2D eigenvalue weighted by atomic mass is 9.87. The predicted octanol–water partition coefficient (Wildman–Crippen LogP) is 4.87. The number of hydrogen-bond acceptors (Lipinski definition) is 2. The fourth-order valence-electron chi connectivity index (χ4n) is 4.28. The number of hydrogen-bond donors (Lipinski definition) is 0. The highest BCUT2D eigenvalue weighted by Gasteiger charge is 2.32. The Balaban J connectivity index is 1.70. The summed E-state index contributed by atoms with van der Waals surface area (Å²) in [6.07, 6.45) is 6.80. The van der Waals surface area contributed by atoms with Gasteiger partial charge in [0.25, 0.3) is 0 Å². The minimum Gasteiger partial charge on any atom is -0.355 e. The van der Waals surface area contributed by atoms with E-state index >= 15 is 0 Å². The van der Waals surface area contributed by atoms with E-state index in [1.165, 1.54) is 49.1 Å². The molecule has 2 nitrogen and oxygen atoms in total. The Bertz CT molecular complexity index is 632. The molecule has 1 aliphatic carbocycles. The first-order valence-electron chi connectivity index (χ1n) is 9.34. The van der Waals surface area contributed by atoms with Crippen molar-refractivity contribution in [3.63, 3.8) is 0 Å². The maximum absolute atomic E-state index is 4.99. The fourth-order valence-corrected chi connectivity index (χ4v) is 4.28. The van der Waals surface area contributed by atoms with Crippen molar-refractivity contribution in [2.75, 3.05) is 13.1 Å². The second-order valence-electron chi connectivity index (χ2n) is 6.98. The van der Waals surface area contributed by atoms with Crippen molar-refractivity contribution in [1.82, 2.24) is 4.90 Å². The molecule has 2 aromatic carbocycles. The van der Waals surface area contributed by atoms with Gasteiger partial charge in [-0.25, -0.2) is 0 Å². The largest absolute Gasteiger partial charge is 0.355 e. The van der Waals surface area contributed by atoms with Crippen LogP contribution in [0.1, 0.15) is 49.1 Å². The van der Waals surface area contributed by atoms with Crippen molar-refractivity contribution >= 4 is 5.84 Å². The van der Waals surface area contributed by atoms with Crippen LogP contribution < -0.4 is 0 Å². The number of benzene rings is 2. The summed E-state index contributed by atoms with van der Waals surface area (Å²) >= 11 is 0. The molecule has 124 valence electrons. The van der Waals surface area contributed by atoms with E-state index in [0.717, 1.165) is 13.1 Å². The Hall–Kier alpha value is -2.09. The zero-order valence-electron chi connectivity index (χ0n) is 14.3. The SMILES string of the molecule is c1ccc(C(C2=NCCN2C2CCCCC2)c2ccccc2)cc1. The molecule has 0 radical (unpaired) electrons. The Labute approximate surface area is 145 Å². The van der Waals surface area contributed by atoms with Crippen LogP contribution in [0.25, 0.3) is 0 Å². The van der Waals surface area contributed by atoms with Crippen molar-refractivity contribution in [2.24, 2.45) is 4.99 Å². The summed E-state index contributed by atoms with van der Waals surface area (Å²) in [6, 6.07) is 22.5. The summed E-state index contributed by atoms with van der Waals surface area (Å²) in [5.41, 5.74) is 2.70. The van der Waals surface area contributed by atoms with Crippen LogP contribution in [0, 0.1) is 0 Å². The minimum atomic E-state index is 0.261. The quantitative estimate of drug-likeness (QED) is 0.785. The van der Waals surface area contributed by atoms with Gasteiger partial charge in [-0.1, -0.05) is 79.9 Å². The predicted molar refractivity (Wildman–Crippen MR) is 101 cm³/mol. The molecular weight excluding hydrogens is 292 g/mol. The molecule has 1 heterocycles. The van der Waals surface area contributed by atoms with Crippen molar-refractivity contribution in [2.45, 2.75) is 44.1 Å². The van der Waals surface area contributed by atoms with E-state index in [1.54, 1.807) is 0 Å². The molecule has 0 spiro atoms. The van der Waals surface area contributed by atoms with Crippen molar-refractivity contribution < 1.29 is 0 Å². The standard InChI is InChI=1S/C22H26N2/c1-4-10-18(11-5-1)21(19-12-6-2-7-13-19)22-23-16-17-24(22)20-14-8-3-9-15-20/h1-2,4-7,10-13,20-21H,3,8-9,14-17H2. The molecule has 0 N–H and O–H groups in total. The number of rotatable bonds is 4. The van der Waals surface area contributed by atoms with Gasteiger partial charge in [0.1, 0.15) is 5.84 Å². The lowest BCUT2D eigenvalue weighted by molar-refractivity contribution is 0.255. The van der Waals surface area contributed by atoms with Gasteiger partial charge in [-0.15, -0.1) is 0 Å². The van der Waals surface area contributed by atoms with Crippen molar-refractivity contribution in [1.29, 1.82) is 0 Å². The van der Waals surface area contributed by atoms with Crippen LogP contribution >= 0.6 is 0 Å². The summed E-state index contributed by atoms with van der Waals surface area (Å²) < 4.78 is 0. The highest BCUT2D eigenvalue weighted by Crippen LogP contribution is 2.33. The van der Waals surface area contributed by atoms with Crippen LogP contribution in [0.2, 0.25) is 0 Å². The Morgan fingerprint density at radius 1 is 0.792 bits per heavy atom. The first kappa shape index (κ1) is 15.4. The highest BCUT2D eigenvalue weighted by molar-refractivity contribution is 5.93. The maximum Gasteiger partial charge on any atom is 0.111 e. The zero-order valence-corrected chi connectivity index (χ0v) is 14.3. The molecule has 24 heavy (non-hydrogen) atoms. The van der Waals surface area contributed by atoms with Gasteiger partial charge < -0.3 is 4.90 Å². The average molecular weight is 318 g/mol. The normalized spacial score (nSPS) is 18.9. The van der Waals surface area contributed by atoms with Gasteiger partial charge in [-0.3, -0.25) is 4.99 Å². The molecule has 1 saturated carbocycles. The van der Waals surface area contributed by atoms with E-state index < -0.39 is 0 Å². The molecule has 0 unspecified atom stereocenters. The lowest BCUT2D eigenvalue weighted by Gasteiger charge is -2.36. The Morgan fingerprint density at radius 3 is 1.96 bits per heavy atom. The monoisotopic (exact) mass is 318 g/mol. The third-order valence-corrected chi connectivity index (χ3v) is 5.45. The van der Waals surface area contributed by atoms with E-state index in [0.29, 0.717) is 6.04 Å². The molecule has 4 rings (SSSR count). The van der Waals surface area contributed by atoms with Crippen LogP contribution in [0.3, 0.4) is 0 Å².